The molecule has 0 aromatic carbocycles. The molecule has 2 rings (SSSR count). The summed E-state index contributed by atoms with van der Waals surface area (Å²) < 4.78 is 0. The van der Waals surface area contributed by atoms with Gasteiger partial charge in [-0.05, 0) is 25.2 Å². The van der Waals surface area contributed by atoms with Crippen molar-refractivity contribution >= 4 is 29.3 Å². The molecule has 1 aromatic heterocycles. The minimum atomic E-state index is -0.0895. The number of hydrogen-bond donors (Lipinski definition) is 1. The van der Waals surface area contributed by atoms with Crippen molar-refractivity contribution < 1.29 is 4.79 Å². The van der Waals surface area contributed by atoms with Crippen LogP contribution in [0.4, 0.5) is 0 Å². The van der Waals surface area contributed by atoms with Crippen LogP contribution in [0.2, 0.25) is 5.02 Å². The number of carbonyl (C=O) groups is 1. The predicted octanol–water partition coefficient (Wildman–Crippen LogP) is 3.14. The first-order chi connectivity index (χ1) is 8.72. The summed E-state index contributed by atoms with van der Waals surface area (Å²) in [6, 6.07) is 1.92. The number of carbonyl (C=O) groups excluding carboxylic acids is 1. The molecule has 0 radical (unpaired) electrons. The van der Waals surface area contributed by atoms with Gasteiger partial charge >= 0.3 is 0 Å². The maximum atomic E-state index is 12.2. The van der Waals surface area contributed by atoms with Gasteiger partial charge in [-0.3, -0.25) is 9.78 Å². The van der Waals surface area contributed by atoms with E-state index in [1.807, 2.05) is 11.8 Å². The fraction of sp³-hybridized carbons (Fsp3) is 0.538. The lowest BCUT2D eigenvalue weighted by Gasteiger charge is -2.31. The third-order valence-electron chi connectivity index (χ3n) is 3.34. The van der Waals surface area contributed by atoms with E-state index in [1.54, 1.807) is 12.3 Å². The summed E-state index contributed by atoms with van der Waals surface area (Å²) in [7, 11) is 0. The van der Waals surface area contributed by atoms with Crippen molar-refractivity contribution in [2.75, 3.05) is 6.26 Å². The summed E-state index contributed by atoms with van der Waals surface area (Å²) in [6.45, 7) is 0. The highest BCUT2D eigenvalue weighted by Crippen LogP contribution is 2.27. The first-order valence-corrected chi connectivity index (χ1v) is 7.82. The van der Waals surface area contributed by atoms with Crippen molar-refractivity contribution in [3.05, 3.63) is 29.0 Å². The van der Waals surface area contributed by atoms with E-state index in [-0.39, 0.29) is 11.9 Å². The molecule has 1 amide bonds. The summed E-state index contributed by atoms with van der Waals surface area (Å²) >= 11 is 7.81. The minimum absolute atomic E-state index is 0.0895. The van der Waals surface area contributed by atoms with Gasteiger partial charge in [0.2, 0.25) is 0 Å². The topological polar surface area (TPSA) is 42.0 Å². The molecule has 3 nitrogen and oxygen atoms in total. The molecule has 98 valence electrons. The molecule has 1 fully saturated rings. The van der Waals surface area contributed by atoms with Gasteiger partial charge in [-0.1, -0.05) is 24.4 Å². The summed E-state index contributed by atoms with van der Waals surface area (Å²) in [5.41, 5.74) is 0.511. The standard InChI is InChI=1S/C13H17ClN2OS/c1-18-12-5-3-2-4-11(12)16-13(17)9-6-7-15-8-10(9)14/h6-8,11-12H,2-5H2,1H3,(H,16,17). The van der Waals surface area contributed by atoms with Crippen molar-refractivity contribution in [2.45, 2.75) is 37.0 Å². The molecule has 0 bridgehead atoms. The Balaban J connectivity index is 2.04. The van der Waals surface area contributed by atoms with Gasteiger partial charge in [0, 0.05) is 23.7 Å². The average molecular weight is 285 g/mol. The zero-order valence-electron chi connectivity index (χ0n) is 10.4. The van der Waals surface area contributed by atoms with Gasteiger partial charge in [0.1, 0.15) is 0 Å². The molecular formula is C13H17ClN2OS. The average Bonchev–Trinajstić information content (AvgIpc) is 2.39. The lowest BCUT2D eigenvalue weighted by molar-refractivity contribution is 0.0929. The number of pyridine rings is 1. The second-order valence-electron chi connectivity index (χ2n) is 4.49. The highest BCUT2D eigenvalue weighted by molar-refractivity contribution is 7.99. The van der Waals surface area contributed by atoms with Crippen LogP contribution in [-0.4, -0.2) is 28.4 Å². The number of amides is 1. The van der Waals surface area contributed by atoms with Gasteiger partial charge in [-0.15, -0.1) is 0 Å². The van der Waals surface area contributed by atoms with E-state index < -0.39 is 0 Å². The van der Waals surface area contributed by atoms with Crippen molar-refractivity contribution in [2.24, 2.45) is 0 Å². The van der Waals surface area contributed by atoms with Crippen LogP contribution in [0.15, 0.2) is 18.5 Å². The Labute approximate surface area is 117 Å². The number of nitrogens with one attached hydrogen (secondary N) is 1. The number of aromatic nitrogens is 1. The molecular weight excluding hydrogens is 268 g/mol. The largest absolute Gasteiger partial charge is 0.348 e. The molecule has 1 heterocycles. The van der Waals surface area contributed by atoms with Crippen molar-refractivity contribution in [1.82, 2.24) is 10.3 Å². The Hall–Kier alpha value is -0.740. The Bertz CT molecular complexity index is 427. The Morgan fingerprint density at radius 2 is 2.28 bits per heavy atom. The van der Waals surface area contributed by atoms with Gasteiger partial charge in [-0.2, -0.15) is 11.8 Å². The molecule has 18 heavy (non-hydrogen) atoms. The first kappa shape index (κ1) is 13.7. The smallest absolute Gasteiger partial charge is 0.253 e. The summed E-state index contributed by atoms with van der Waals surface area (Å²) in [5, 5.41) is 4.03. The van der Waals surface area contributed by atoms with Crippen LogP contribution in [0.3, 0.4) is 0 Å². The van der Waals surface area contributed by atoms with Crippen molar-refractivity contribution in [3.8, 4) is 0 Å². The summed E-state index contributed by atoms with van der Waals surface area (Å²) in [4.78, 5) is 16.1. The predicted molar refractivity (Wildman–Crippen MR) is 76.3 cm³/mol. The monoisotopic (exact) mass is 284 g/mol. The highest BCUT2D eigenvalue weighted by atomic mass is 35.5. The second kappa shape index (κ2) is 6.43. The van der Waals surface area contributed by atoms with Crippen LogP contribution in [0, 0.1) is 0 Å². The van der Waals surface area contributed by atoms with Gasteiger partial charge in [0.25, 0.3) is 5.91 Å². The van der Waals surface area contributed by atoms with E-state index in [0.717, 1.165) is 6.42 Å². The molecule has 2 unspecified atom stereocenters. The van der Waals surface area contributed by atoms with Gasteiger partial charge in [0.05, 0.1) is 10.6 Å². The van der Waals surface area contributed by atoms with Crippen LogP contribution in [-0.2, 0) is 0 Å². The maximum Gasteiger partial charge on any atom is 0.253 e. The molecule has 1 aliphatic carbocycles. The number of thioether (sulfide) groups is 1. The third kappa shape index (κ3) is 3.18. The van der Waals surface area contributed by atoms with Crippen LogP contribution in [0.25, 0.3) is 0 Å². The van der Waals surface area contributed by atoms with E-state index in [2.05, 4.69) is 16.6 Å². The van der Waals surface area contributed by atoms with Gasteiger partial charge < -0.3 is 5.32 Å². The fourth-order valence-corrected chi connectivity index (χ4v) is 3.49. The zero-order valence-corrected chi connectivity index (χ0v) is 11.9. The fourth-order valence-electron chi connectivity index (χ4n) is 2.35. The molecule has 1 aliphatic rings. The maximum absolute atomic E-state index is 12.2. The molecule has 0 aliphatic heterocycles. The number of nitrogens with zero attached hydrogens (tertiary/aromatic N) is 1. The van der Waals surface area contributed by atoms with E-state index in [1.165, 1.54) is 25.5 Å². The summed E-state index contributed by atoms with van der Waals surface area (Å²) in [6.07, 6.45) is 9.88. The Kier molecular flexibility index (Phi) is 4.89. The van der Waals surface area contributed by atoms with Crippen LogP contribution >= 0.6 is 23.4 Å². The molecule has 2 atom stereocenters. The molecule has 1 saturated carbocycles. The lowest BCUT2D eigenvalue weighted by Crippen LogP contribution is -2.43. The van der Waals surface area contributed by atoms with Gasteiger partial charge in [0.15, 0.2) is 0 Å². The molecule has 1 aromatic rings. The quantitative estimate of drug-likeness (QED) is 0.927. The third-order valence-corrected chi connectivity index (χ3v) is 4.81. The second-order valence-corrected chi connectivity index (χ2v) is 5.98. The zero-order chi connectivity index (χ0) is 13.0. The first-order valence-electron chi connectivity index (χ1n) is 6.15. The SMILES string of the molecule is CSC1CCCCC1NC(=O)c1ccncc1Cl. The number of rotatable bonds is 3. The van der Waals surface area contributed by atoms with Crippen LogP contribution < -0.4 is 5.32 Å². The molecule has 1 N–H and O–H groups in total. The number of hydrogen-bond acceptors (Lipinski definition) is 3. The van der Waals surface area contributed by atoms with Crippen molar-refractivity contribution in [3.63, 3.8) is 0 Å². The van der Waals surface area contributed by atoms with E-state index in [0.29, 0.717) is 15.8 Å². The normalized spacial score (nSPS) is 23.7. The summed E-state index contributed by atoms with van der Waals surface area (Å²) in [5.74, 6) is -0.0895. The van der Waals surface area contributed by atoms with E-state index in [9.17, 15) is 4.79 Å². The van der Waals surface area contributed by atoms with Crippen molar-refractivity contribution in [1.29, 1.82) is 0 Å². The minimum Gasteiger partial charge on any atom is -0.348 e. The van der Waals surface area contributed by atoms with Crippen LogP contribution in [0.5, 0.6) is 0 Å². The molecule has 0 spiro atoms. The molecule has 5 heteroatoms. The lowest BCUT2D eigenvalue weighted by atomic mass is 9.94. The Morgan fingerprint density at radius 1 is 1.50 bits per heavy atom. The van der Waals surface area contributed by atoms with Gasteiger partial charge in [-0.25, -0.2) is 0 Å². The molecule has 0 saturated heterocycles. The number of halogens is 1. The Morgan fingerprint density at radius 3 is 3.00 bits per heavy atom. The highest BCUT2D eigenvalue weighted by Gasteiger charge is 2.26. The van der Waals surface area contributed by atoms with E-state index >= 15 is 0 Å². The van der Waals surface area contributed by atoms with E-state index in [4.69, 9.17) is 11.6 Å². The van der Waals surface area contributed by atoms with Crippen LogP contribution in [0.1, 0.15) is 36.0 Å².